The molecule has 1 amide bonds. The van der Waals surface area contributed by atoms with Crippen molar-refractivity contribution in [1.29, 1.82) is 0 Å². The Morgan fingerprint density at radius 3 is 2.39 bits per heavy atom. The number of anilines is 1. The summed E-state index contributed by atoms with van der Waals surface area (Å²) in [5.41, 5.74) is 5.31. The molecule has 0 bridgehead atoms. The molecular weight excluding hydrogens is 476 g/mol. The molecule has 6 heteroatoms. The minimum absolute atomic E-state index is 0.145. The number of rotatable bonds is 9. The van der Waals surface area contributed by atoms with E-state index in [-0.39, 0.29) is 17.9 Å². The van der Waals surface area contributed by atoms with Gasteiger partial charge in [-0.1, -0.05) is 51.1 Å². The number of esters is 1. The number of benzene rings is 2. The van der Waals surface area contributed by atoms with Gasteiger partial charge in [0.2, 0.25) is 0 Å². The molecule has 1 fully saturated rings. The number of unbranched alkanes of at least 4 members (excludes halogenated alkanes) is 1. The summed E-state index contributed by atoms with van der Waals surface area (Å²) >= 11 is 0. The number of carbonyl (C=O) groups is 2. The Balaban J connectivity index is 0.000000505. The fourth-order valence-corrected chi connectivity index (χ4v) is 5.04. The number of hydrogen-bond donors (Lipinski definition) is 1. The van der Waals surface area contributed by atoms with E-state index in [9.17, 15) is 9.59 Å². The summed E-state index contributed by atoms with van der Waals surface area (Å²) in [6.45, 7) is 16.2. The van der Waals surface area contributed by atoms with Gasteiger partial charge in [0.25, 0.3) is 5.91 Å². The summed E-state index contributed by atoms with van der Waals surface area (Å²) in [4.78, 5) is 24.8. The summed E-state index contributed by atoms with van der Waals surface area (Å²) in [7, 11) is 0. The lowest BCUT2D eigenvalue weighted by molar-refractivity contribution is -0.139. The van der Waals surface area contributed by atoms with E-state index in [0.29, 0.717) is 19.1 Å². The van der Waals surface area contributed by atoms with Gasteiger partial charge in [-0.05, 0) is 67.7 Å². The number of amides is 1. The van der Waals surface area contributed by atoms with Gasteiger partial charge < -0.3 is 19.7 Å². The van der Waals surface area contributed by atoms with Crippen LogP contribution in [-0.4, -0.2) is 43.1 Å². The van der Waals surface area contributed by atoms with Crippen LogP contribution in [0.15, 0.2) is 61.7 Å². The number of nitrogens with one attached hydrogen (secondary N) is 1. The van der Waals surface area contributed by atoms with Crippen molar-refractivity contribution in [2.24, 2.45) is 5.92 Å². The molecule has 204 valence electrons. The lowest BCUT2D eigenvalue weighted by atomic mass is 9.77. The molecule has 2 aromatic rings. The zero-order chi connectivity index (χ0) is 27.5. The fourth-order valence-electron chi connectivity index (χ4n) is 5.04. The number of nitrogens with zero attached hydrogens (tertiary/aromatic N) is 1. The standard InChI is InChI=1S/C27H34N2O2.C5H8O2/c1-4-6-9-23-19(3)24-18-21(27(30)29-16-7-8-17-29)12-15-25(24)28-26(23)20-10-13-22(14-11-20)31-5-2;1-3-4-7-5(2)6/h10-15,18,23,26,28H,3-9,16-17H2,1-2H3;3H,1,4H2,2H3. The number of hydrogen-bond acceptors (Lipinski definition) is 5. The minimum Gasteiger partial charge on any atom is -0.494 e. The summed E-state index contributed by atoms with van der Waals surface area (Å²) in [5, 5.41) is 3.76. The van der Waals surface area contributed by atoms with E-state index in [0.717, 1.165) is 73.3 Å². The molecule has 38 heavy (non-hydrogen) atoms. The molecule has 2 aliphatic rings. The van der Waals surface area contributed by atoms with E-state index < -0.39 is 0 Å². The van der Waals surface area contributed by atoms with E-state index in [1.54, 1.807) is 0 Å². The highest BCUT2D eigenvalue weighted by molar-refractivity contribution is 5.97. The third-order valence-corrected chi connectivity index (χ3v) is 6.99. The molecule has 0 saturated carbocycles. The monoisotopic (exact) mass is 518 g/mol. The van der Waals surface area contributed by atoms with E-state index >= 15 is 0 Å². The SMILES string of the molecule is C=C1c2cc(C(=O)N3CCCC3)ccc2NC(c2ccc(OCC)cc2)C1CCCC.C=CCOC(C)=O. The smallest absolute Gasteiger partial charge is 0.302 e. The third-order valence-electron chi connectivity index (χ3n) is 6.99. The van der Waals surface area contributed by atoms with E-state index in [4.69, 9.17) is 4.74 Å². The summed E-state index contributed by atoms with van der Waals surface area (Å²) in [6, 6.07) is 14.7. The van der Waals surface area contributed by atoms with Crippen molar-refractivity contribution in [3.63, 3.8) is 0 Å². The second kappa shape index (κ2) is 14.4. The molecule has 2 aliphatic heterocycles. The lowest BCUT2D eigenvalue weighted by Gasteiger charge is -2.37. The van der Waals surface area contributed by atoms with Gasteiger partial charge in [0.05, 0.1) is 12.6 Å². The maximum Gasteiger partial charge on any atom is 0.302 e. The number of fused-ring (bicyclic) bond motifs is 1. The molecule has 6 nitrogen and oxygen atoms in total. The Morgan fingerprint density at radius 2 is 1.82 bits per heavy atom. The van der Waals surface area contributed by atoms with Crippen LogP contribution in [0.4, 0.5) is 5.69 Å². The van der Waals surface area contributed by atoms with Gasteiger partial charge in [-0.3, -0.25) is 9.59 Å². The Bertz CT molecular complexity index is 1100. The van der Waals surface area contributed by atoms with Crippen LogP contribution in [0.1, 0.15) is 80.4 Å². The maximum atomic E-state index is 12.9. The molecule has 0 aromatic heterocycles. The van der Waals surface area contributed by atoms with Crippen LogP contribution in [0.2, 0.25) is 0 Å². The molecular formula is C32H42N2O4. The molecule has 4 rings (SSSR count). The van der Waals surface area contributed by atoms with Gasteiger partial charge >= 0.3 is 5.97 Å². The molecule has 2 unspecified atom stereocenters. The highest BCUT2D eigenvalue weighted by Crippen LogP contribution is 2.46. The predicted molar refractivity (Wildman–Crippen MR) is 154 cm³/mol. The largest absolute Gasteiger partial charge is 0.494 e. The zero-order valence-corrected chi connectivity index (χ0v) is 23.1. The highest BCUT2D eigenvalue weighted by atomic mass is 16.5. The normalized spacial score (nSPS) is 18.0. The fraction of sp³-hybridized carbons (Fsp3) is 0.438. The third kappa shape index (κ3) is 7.50. The van der Waals surface area contributed by atoms with Crippen LogP contribution in [0, 0.1) is 5.92 Å². The van der Waals surface area contributed by atoms with Crippen molar-refractivity contribution in [3.8, 4) is 5.75 Å². The van der Waals surface area contributed by atoms with Crippen molar-refractivity contribution in [1.82, 2.24) is 4.90 Å². The number of ether oxygens (including phenoxy) is 2. The van der Waals surface area contributed by atoms with E-state index in [1.165, 1.54) is 18.6 Å². The van der Waals surface area contributed by atoms with E-state index in [1.807, 2.05) is 30.0 Å². The molecule has 1 saturated heterocycles. The van der Waals surface area contributed by atoms with Crippen molar-refractivity contribution in [2.75, 3.05) is 31.6 Å². The van der Waals surface area contributed by atoms with Crippen LogP contribution < -0.4 is 10.1 Å². The average molecular weight is 519 g/mol. The van der Waals surface area contributed by atoms with Crippen LogP contribution >= 0.6 is 0 Å². The first-order chi connectivity index (χ1) is 18.4. The molecule has 0 spiro atoms. The quantitative estimate of drug-likeness (QED) is 0.285. The van der Waals surface area contributed by atoms with Crippen LogP contribution in [0.5, 0.6) is 5.75 Å². The predicted octanol–water partition coefficient (Wildman–Crippen LogP) is 7.04. The first-order valence-corrected chi connectivity index (χ1v) is 13.8. The molecule has 0 radical (unpaired) electrons. The second-order valence-corrected chi connectivity index (χ2v) is 9.75. The van der Waals surface area contributed by atoms with Gasteiger partial charge in [-0.15, -0.1) is 0 Å². The summed E-state index contributed by atoms with van der Waals surface area (Å²) < 4.78 is 10.1. The van der Waals surface area contributed by atoms with Crippen LogP contribution in [0.25, 0.3) is 5.57 Å². The first kappa shape index (κ1) is 29.0. The summed E-state index contributed by atoms with van der Waals surface area (Å²) in [6.07, 6.45) is 7.12. The van der Waals surface area contributed by atoms with Gasteiger partial charge in [-0.25, -0.2) is 0 Å². The minimum atomic E-state index is -0.264. The maximum absolute atomic E-state index is 12.9. The van der Waals surface area contributed by atoms with Crippen LogP contribution in [0.3, 0.4) is 0 Å². The summed E-state index contributed by atoms with van der Waals surface area (Å²) in [5.74, 6) is 1.07. The van der Waals surface area contributed by atoms with Gasteiger partial charge in [0.1, 0.15) is 12.4 Å². The van der Waals surface area contributed by atoms with Crippen molar-refractivity contribution in [2.45, 2.75) is 58.9 Å². The number of likely N-dealkylation sites (tertiary alicyclic amines) is 1. The second-order valence-electron chi connectivity index (χ2n) is 9.75. The Labute approximate surface area is 227 Å². The molecule has 2 heterocycles. The van der Waals surface area contributed by atoms with E-state index in [2.05, 4.69) is 54.4 Å². The Kier molecular flexibility index (Phi) is 11.0. The average Bonchev–Trinajstić information content (AvgIpc) is 3.47. The Morgan fingerprint density at radius 1 is 1.11 bits per heavy atom. The topological polar surface area (TPSA) is 67.9 Å². The molecule has 1 N–H and O–H groups in total. The first-order valence-electron chi connectivity index (χ1n) is 13.8. The Hall–Kier alpha value is -3.54. The van der Waals surface area contributed by atoms with Gasteiger partial charge in [0, 0.05) is 42.7 Å². The van der Waals surface area contributed by atoms with Crippen LogP contribution in [-0.2, 0) is 9.53 Å². The van der Waals surface area contributed by atoms with Crippen molar-refractivity contribution in [3.05, 3.63) is 78.4 Å². The zero-order valence-electron chi connectivity index (χ0n) is 23.1. The molecule has 0 aliphatic carbocycles. The van der Waals surface area contributed by atoms with Crippen molar-refractivity contribution < 1.29 is 19.1 Å². The highest BCUT2D eigenvalue weighted by Gasteiger charge is 2.32. The van der Waals surface area contributed by atoms with Gasteiger partial charge in [-0.2, -0.15) is 0 Å². The van der Waals surface area contributed by atoms with Crippen molar-refractivity contribution >= 4 is 23.1 Å². The molecule has 2 atom stereocenters. The van der Waals surface area contributed by atoms with Gasteiger partial charge in [0.15, 0.2) is 0 Å². The number of carbonyl (C=O) groups excluding carboxylic acids is 2. The molecule has 2 aromatic carbocycles. The lowest BCUT2D eigenvalue weighted by Crippen LogP contribution is -2.29.